The van der Waals surface area contributed by atoms with Crippen molar-refractivity contribution in [3.05, 3.63) is 77.9 Å². The number of fused-ring (bicyclic) bond motifs is 3. The fraction of sp³-hybridized carbons (Fsp3) is 0.308. The number of carbonyl (C=O) groups is 3. The van der Waals surface area contributed by atoms with Crippen LogP contribution in [0.3, 0.4) is 0 Å². The van der Waals surface area contributed by atoms with Gasteiger partial charge in [0.05, 0.1) is 6.54 Å². The fourth-order valence-corrected chi connectivity index (χ4v) is 4.40. The van der Waals surface area contributed by atoms with Crippen LogP contribution in [-0.4, -0.2) is 45.3 Å². The molecule has 1 atom stereocenters. The second-order valence-electron chi connectivity index (χ2n) is 8.30. The summed E-state index contributed by atoms with van der Waals surface area (Å²) >= 11 is 0. The van der Waals surface area contributed by atoms with Crippen molar-refractivity contribution >= 4 is 18.0 Å². The van der Waals surface area contributed by atoms with Gasteiger partial charge in [0.15, 0.2) is 0 Å². The number of aryl methyl sites for hydroxylation is 1. The number of carbonyl (C=O) groups excluding carboxylic acids is 2. The molecule has 9 nitrogen and oxygen atoms in total. The second-order valence-corrected chi connectivity index (χ2v) is 8.30. The molecule has 182 valence electrons. The standard InChI is InChI=1S/C26H28N4O5/c1-2-30-14-13-27-23(30)15-28-25(33)22(11-12-24(31)32)29-26(34)35-16-21-19-9-5-3-7-17(19)18-8-4-6-10-20(18)21/h3-10,13-14,21-22H,2,11-12,15-16H2,1H3,(H,28,33)(H,29,34)(H,31,32). The van der Waals surface area contributed by atoms with Crippen LogP contribution in [0.4, 0.5) is 4.79 Å². The summed E-state index contributed by atoms with van der Waals surface area (Å²) in [6, 6.07) is 14.9. The summed E-state index contributed by atoms with van der Waals surface area (Å²) in [6.07, 6.45) is 2.34. The highest BCUT2D eigenvalue weighted by atomic mass is 16.5. The first kappa shape index (κ1) is 24.0. The highest BCUT2D eigenvalue weighted by Gasteiger charge is 2.30. The zero-order valence-electron chi connectivity index (χ0n) is 19.4. The minimum Gasteiger partial charge on any atom is -0.481 e. The first-order valence-corrected chi connectivity index (χ1v) is 11.6. The Balaban J connectivity index is 1.39. The van der Waals surface area contributed by atoms with Crippen LogP contribution in [0.1, 0.15) is 42.6 Å². The molecule has 0 saturated carbocycles. The Labute approximate surface area is 203 Å². The average Bonchev–Trinajstić information content (AvgIpc) is 3.45. The van der Waals surface area contributed by atoms with Gasteiger partial charge >= 0.3 is 12.1 Å². The molecular formula is C26H28N4O5. The molecule has 1 heterocycles. The lowest BCUT2D eigenvalue weighted by Crippen LogP contribution is -2.47. The van der Waals surface area contributed by atoms with E-state index in [1.54, 1.807) is 12.4 Å². The normalized spacial score (nSPS) is 12.9. The van der Waals surface area contributed by atoms with Gasteiger partial charge in [-0.2, -0.15) is 0 Å². The Bertz CT molecular complexity index is 1180. The van der Waals surface area contributed by atoms with Crippen molar-refractivity contribution in [3.8, 4) is 11.1 Å². The average molecular weight is 477 g/mol. The lowest BCUT2D eigenvalue weighted by Gasteiger charge is -2.19. The van der Waals surface area contributed by atoms with Crippen LogP contribution in [0.25, 0.3) is 11.1 Å². The third-order valence-corrected chi connectivity index (χ3v) is 6.16. The van der Waals surface area contributed by atoms with E-state index >= 15 is 0 Å². The number of ether oxygens (including phenoxy) is 1. The predicted molar refractivity (Wildman–Crippen MR) is 129 cm³/mol. The topological polar surface area (TPSA) is 123 Å². The monoisotopic (exact) mass is 476 g/mol. The van der Waals surface area contributed by atoms with Crippen molar-refractivity contribution < 1.29 is 24.2 Å². The third kappa shape index (κ3) is 5.51. The Kier molecular flexibility index (Phi) is 7.45. The van der Waals surface area contributed by atoms with Gasteiger partial charge in [-0.15, -0.1) is 0 Å². The van der Waals surface area contributed by atoms with E-state index in [0.29, 0.717) is 12.4 Å². The van der Waals surface area contributed by atoms with Crippen molar-refractivity contribution in [3.63, 3.8) is 0 Å². The molecule has 4 rings (SSSR count). The number of hydrogen-bond donors (Lipinski definition) is 3. The van der Waals surface area contributed by atoms with Gasteiger partial charge in [0.2, 0.25) is 5.91 Å². The van der Waals surface area contributed by atoms with Crippen molar-refractivity contribution in [1.82, 2.24) is 20.2 Å². The van der Waals surface area contributed by atoms with Gasteiger partial charge in [-0.1, -0.05) is 48.5 Å². The van der Waals surface area contributed by atoms with Gasteiger partial charge < -0.3 is 25.0 Å². The molecule has 0 saturated heterocycles. The van der Waals surface area contributed by atoms with Crippen molar-refractivity contribution in [2.24, 2.45) is 0 Å². The Morgan fingerprint density at radius 3 is 2.37 bits per heavy atom. The number of alkyl carbamates (subject to hydrolysis) is 1. The molecule has 0 fully saturated rings. The van der Waals surface area contributed by atoms with Gasteiger partial charge in [-0.3, -0.25) is 9.59 Å². The van der Waals surface area contributed by atoms with E-state index in [4.69, 9.17) is 9.84 Å². The molecule has 35 heavy (non-hydrogen) atoms. The molecule has 3 N–H and O–H groups in total. The smallest absolute Gasteiger partial charge is 0.407 e. The predicted octanol–water partition coefficient (Wildman–Crippen LogP) is 3.29. The summed E-state index contributed by atoms with van der Waals surface area (Å²) in [5.74, 6) is -1.00. The van der Waals surface area contributed by atoms with Crippen LogP contribution in [-0.2, 0) is 27.4 Å². The highest BCUT2D eigenvalue weighted by molar-refractivity contribution is 5.86. The van der Waals surface area contributed by atoms with Crippen LogP contribution in [0, 0.1) is 0 Å². The van der Waals surface area contributed by atoms with E-state index in [0.717, 1.165) is 22.3 Å². The van der Waals surface area contributed by atoms with Gasteiger partial charge in [0, 0.05) is 31.3 Å². The molecule has 0 spiro atoms. The summed E-state index contributed by atoms with van der Waals surface area (Å²) in [4.78, 5) is 40.7. The zero-order chi connectivity index (χ0) is 24.8. The van der Waals surface area contributed by atoms with Gasteiger partial charge in [0.25, 0.3) is 0 Å². The number of aromatic nitrogens is 2. The van der Waals surface area contributed by atoms with Crippen LogP contribution in [0.5, 0.6) is 0 Å². The molecule has 3 aromatic rings. The van der Waals surface area contributed by atoms with Crippen molar-refractivity contribution in [1.29, 1.82) is 0 Å². The lowest BCUT2D eigenvalue weighted by atomic mass is 9.98. The number of nitrogens with zero attached hydrogens (tertiary/aromatic N) is 2. The molecule has 1 aliphatic carbocycles. The van der Waals surface area contributed by atoms with Crippen LogP contribution < -0.4 is 10.6 Å². The molecule has 1 aliphatic rings. The Morgan fingerprint density at radius 2 is 1.74 bits per heavy atom. The number of rotatable bonds is 10. The minimum atomic E-state index is -1.06. The zero-order valence-corrected chi connectivity index (χ0v) is 19.4. The molecule has 2 amide bonds. The minimum absolute atomic E-state index is 0.0619. The Morgan fingerprint density at radius 1 is 1.09 bits per heavy atom. The molecule has 9 heteroatoms. The number of amides is 2. The largest absolute Gasteiger partial charge is 0.481 e. The van der Waals surface area contributed by atoms with Gasteiger partial charge in [0.1, 0.15) is 18.5 Å². The van der Waals surface area contributed by atoms with Crippen molar-refractivity contribution in [2.75, 3.05) is 6.61 Å². The summed E-state index contributed by atoms with van der Waals surface area (Å²) < 4.78 is 7.40. The third-order valence-electron chi connectivity index (χ3n) is 6.16. The van der Waals surface area contributed by atoms with E-state index in [2.05, 4.69) is 15.6 Å². The Hall–Kier alpha value is -4.14. The molecule has 0 bridgehead atoms. The fourth-order valence-electron chi connectivity index (χ4n) is 4.40. The molecule has 2 aromatic carbocycles. The second kappa shape index (κ2) is 10.9. The summed E-state index contributed by atoms with van der Waals surface area (Å²) in [5.41, 5.74) is 4.38. The molecule has 1 unspecified atom stereocenters. The number of aliphatic carboxylic acids is 1. The van der Waals surface area contributed by atoms with E-state index in [9.17, 15) is 14.4 Å². The van der Waals surface area contributed by atoms with Crippen molar-refractivity contribution in [2.45, 2.75) is 44.8 Å². The summed E-state index contributed by atoms with van der Waals surface area (Å²) in [7, 11) is 0. The first-order chi connectivity index (χ1) is 17.0. The maximum absolute atomic E-state index is 12.8. The SMILES string of the molecule is CCn1ccnc1CNC(=O)C(CCC(=O)O)NC(=O)OCC1c2ccccc2-c2ccccc21. The number of carboxylic acid groups (broad SMARTS) is 1. The number of carboxylic acids is 1. The maximum Gasteiger partial charge on any atom is 0.407 e. The van der Waals surface area contributed by atoms with E-state index < -0.39 is 24.0 Å². The van der Waals surface area contributed by atoms with E-state index in [1.807, 2.05) is 60.0 Å². The molecular weight excluding hydrogens is 448 g/mol. The number of hydrogen-bond acceptors (Lipinski definition) is 5. The van der Waals surface area contributed by atoms with Crippen LogP contribution in [0.15, 0.2) is 60.9 Å². The number of imidazole rings is 1. The van der Waals surface area contributed by atoms with Crippen LogP contribution in [0.2, 0.25) is 0 Å². The van der Waals surface area contributed by atoms with E-state index in [1.165, 1.54) is 0 Å². The number of nitrogens with one attached hydrogen (secondary N) is 2. The highest BCUT2D eigenvalue weighted by Crippen LogP contribution is 2.44. The quantitative estimate of drug-likeness (QED) is 0.413. The van der Waals surface area contributed by atoms with Gasteiger partial charge in [-0.05, 0) is 35.6 Å². The molecule has 0 radical (unpaired) electrons. The first-order valence-electron chi connectivity index (χ1n) is 11.6. The maximum atomic E-state index is 12.8. The number of benzene rings is 2. The summed E-state index contributed by atoms with van der Waals surface area (Å²) in [6.45, 7) is 2.92. The molecule has 1 aromatic heterocycles. The van der Waals surface area contributed by atoms with E-state index in [-0.39, 0.29) is 31.9 Å². The molecule has 0 aliphatic heterocycles. The van der Waals surface area contributed by atoms with Crippen LogP contribution >= 0.6 is 0 Å². The lowest BCUT2D eigenvalue weighted by molar-refractivity contribution is -0.137. The van der Waals surface area contributed by atoms with Gasteiger partial charge in [-0.25, -0.2) is 9.78 Å². The summed E-state index contributed by atoms with van der Waals surface area (Å²) in [5, 5.41) is 14.3.